The number of hydrogen-bond acceptors (Lipinski definition) is 5. The Balaban J connectivity index is 2.95. The highest BCUT2D eigenvalue weighted by Gasteiger charge is 2.23. The summed E-state index contributed by atoms with van der Waals surface area (Å²) >= 11 is 3.15. The summed E-state index contributed by atoms with van der Waals surface area (Å²) in [6.07, 6.45) is -3.37. The van der Waals surface area contributed by atoms with Crippen LogP contribution in [0.25, 0.3) is 0 Å². The van der Waals surface area contributed by atoms with E-state index in [4.69, 9.17) is 5.11 Å². The van der Waals surface area contributed by atoms with Gasteiger partial charge in [0.1, 0.15) is 6.10 Å². The molecule has 1 rings (SSSR count). The monoisotopic (exact) mass is 332 g/mol. The first-order chi connectivity index (χ1) is 8.86. The average molecular weight is 333 g/mol. The molecule has 7 heteroatoms. The van der Waals surface area contributed by atoms with Crippen LogP contribution in [0.5, 0.6) is 0 Å². The van der Waals surface area contributed by atoms with E-state index in [-0.39, 0.29) is 5.56 Å². The molecular weight excluding hydrogens is 320 g/mol. The summed E-state index contributed by atoms with van der Waals surface area (Å²) < 4.78 is 4.92. The van der Waals surface area contributed by atoms with Crippen molar-refractivity contribution in [2.75, 3.05) is 7.11 Å². The molecule has 0 spiro atoms. The van der Waals surface area contributed by atoms with Gasteiger partial charge in [-0.2, -0.15) is 0 Å². The zero-order chi connectivity index (χ0) is 14.6. The van der Waals surface area contributed by atoms with Crippen LogP contribution in [0.2, 0.25) is 0 Å². The number of ether oxygens (including phenoxy) is 1. The van der Waals surface area contributed by atoms with Gasteiger partial charge >= 0.3 is 11.9 Å². The number of aliphatic hydroxyl groups excluding tert-OH is 2. The Kier molecular flexibility index (Phi) is 5.46. The molecule has 104 valence electrons. The third-order valence-corrected chi connectivity index (χ3v) is 3.18. The molecule has 2 unspecified atom stereocenters. The number of aliphatic carboxylic acids is 1. The van der Waals surface area contributed by atoms with Crippen LogP contribution >= 0.6 is 15.9 Å². The number of hydrogen-bond donors (Lipinski definition) is 3. The summed E-state index contributed by atoms with van der Waals surface area (Å²) in [5.74, 6) is -1.75. The number of carbonyl (C=O) groups is 2. The Morgan fingerprint density at radius 3 is 2.47 bits per heavy atom. The molecule has 1 aromatic carbocycles. The van der Waals surface area contributed by atoms with Crippen molar-refractivity contribution in [1.29, 1.82) is 0 Å². The topological polar surface area (TPSA) is 104 Å². The molecular formula is C12H13BrO6. The van der Waals surface area contributed by atoms with E-state index in [1.807, 2.05) is 0 Å². The van der Waals surface area contributed by atoms with Crippen LogP contribution in [0.15, 0.2) is 22.7 Å². The number of carbonyl (C=O) groups excluding carboxylic acids is 1. The van der Waals surface area contributed by atoms with E-state index in [1.165, 1.54) is 25.3 Å². The van der Waals surface area contributed by atoms with Crippen molar-refractivity contribution in [3.63, 3.8) is 0 Å². The summed E-state index contributed by atoms with van der Waals surface area (Å²) in [7, 11) is 1.25. The Labute approximate surface area is 117 Å². The molecule has 0 aliphatic heterocycles. The first-order valence-electron chi connectivity index (χ1n) is 5.32. The largest absolute Gasteiger partial charge is 0.481 e. The minimum atomic E-state index is -1.43. The molecule has 3 N–H and O–H groups in total. The zero-order valence-corrected chi connectivity index (χ0v) is 11.6. The van der Waals surface area contributed by atoms with E-state index in [0.29, 0.717) is 10.0 Å². The first-order valence-corrected chi connectivity index (χ1v) is 6.11. The van der Waals surface area contributed by atoms with E-state index < -0.39 is 30.6 Å². The van der Waals surface area contributed by atoms with E-state index in [2.05, 4.69) is 20.7 Å². The second-order valence-corrected chi connectivity index (χ2v) is 4.69. The van der Waals surface area contributed by atoms with Crippen molar-refractivity contribution >= 4 is 27.9 Å². The van der Waals surface area contributed by atoms with Crippen LogP contribution in [0.4, 0.5) is 0 Å². The molecule has 6 nitrogen and oxygen atoms in total. The van der Waals surface area contributed by atoms with Gasteiger partial charge in [0.2, 0.25) is 0 Å². The molecule has 0 radical (unpaired) electrons. The summed E-state index contributed by atoms with van der Waals surface area (Å²) in [5.41, 5.74) is 0.569. The predicted molar refractivity (Wildman–Crippen MR) is 68.7 cm³/mol. The molecule has 0 fully saturated rings. The van der Waals surface area contributed by atoms with Crippen molar-refractivity contribution < 1.29 is 29.6 Å². The highest BCUT2D eigenvalue weighted by atomic mass is 79.9. The predicted octanol–water partition coefficient (Wildman–Crippen LogP) is 1.10. The maximum Gasteiger partial charge on any atom is 0.337 e. The Morgan fingerprint density at radius 2 is 2.00 bits per heavy atom. The highest BCUT2D eigenvalue weighted by molar-refractivity contribution is 9.10. The molecule has 19 heavy (non-hydrogen) atoms. The van der Waals surface area contributed by atoms with Gasteiger partial charge in [-0.25, -0.2) is 4.79 Å². The number of halogens is 1. The number of methoxy groups -OCH3 is 1. The van der Waals surface area contributed by atoms with E-state index in [1.54, 1.807) is 0 Å². The molecule has 0 amide bonds. The van der Waals surface area contributed by atoms with Gasteiger partial charge in [0.05, 0.1) is 25.2 Å². The number of esters is 1. The van der Waals surface area contributed by atoms with Crippen molar-refractivity contribution in [2.45, 2.75) is 18.6 Å². The number of rotatable bonds is 5. The quantitative estimate of drug-likeness (QED) is 0.697. The van der Waals surface area contributed by atoms with Crippen LogP contribution in [-0.4, -0.2) is 40.5 Å². The second-order valence-electron chi connectivity index (χ2n) is 3.84. The maximum absolute atomic E-state index is 11.3. The lowest BCUT2D eigenvalue weighted by Crippen LogP contribution is -2.22. The molecule has 0 aromatic heterocycles. The van der Waals surface area contributed by atoms with Crippen molar-refractivity contribution in [3.8, 4) is 0 Å². The van der Waals surface area contributed by atoms with E-state index in [9.17, 15) is 19.8 Å². The van der Waals surface area contributed by atoms with Crippen LogP contribution in [0.1, 0.15) is 28.4 Å². The SMILES string of the molecule is COC(=O)c1ccc(C(O)C(O)CC(=O)O)c(Br)c1. The lowest BCUT2D eigenvalue weighted by Gasteiger charge is -2.18. The van der Waals surface area contributed by atoms with Gasteiger partial charge < -0.3 is 20.1 Å². The van der Waals surface area contributed by atoms with Crippen LogP contribution in [0.3, 0.4) is 0 Å². The minimum absolute atomic E-state index is 0.276. The molecule has 2 atom stereocenters. The first kappa shape index (κ1) is 15.6. The van der Waals surface area contributed by atoms with Crippen LogP contribution < -0.4 is 0 Å². The third kappa shape index (κ3) is 4.02. The molecule has 0 aliphatic rings. The van der Waals surface area contributed by atoms with Crippen molar-refractivity contribution in [3.05, 3.63) is 33.8 Å². The fourth-order valence-corrected chi connectivity index (χ4v) is 2.12. The van der Waals surface area contributed by atoms with E-state index in [0.717, 1.165) is 0 Å². The summed E-state index contributed by atoms with van der Waals surface area (Å²) in [6.45, 7) is 0. The number of benzene rings is 1. The van der Waals surface area contributed by atoms with Gasteiger partial charge in [0.15, 0.2) is 0 Å². The van der Waals surface area contributed by atoms with Gasteiger partial charge in [0.25, 0.3) is 0 Å². The van der Waals surface area contributed by atoms with Gasteiger partial charge in [-0.3, -0.25) is 4.79 Å². The Hall–Kier alpha value is -1.44. The minimum Gasteiger partial charge on any atom is -0.481 e. The molecule has 0 heterocycles. The lowest BCUT2D eigenvalue weighted by molar-refractivity contribution is -0.141. The molecule has 0 aliphatic carbocycles. The molecule has 0 saturated heterocycles. The van der Waals surface area contributed by atoms with Gasteiger partial charge in [-0.15, -0.1) is 0 Å². The standard InChI is InChI=1S/C12H13BrO6/c1-19-12(18)6-2-3-7(8(13)4-6)11(17)9(14)5-10(15)16/h2-4,9,11,14,17H,5H2,1H3,(H,15,16). The van der Waals surface area contributed by atoms with Crippen molar-refractivity contribution in [2.24, 2.45) is 0 Å². The fraction of sp³-hybridized carbons (Fsp3) is 0.333. The maximum atomic E-state index is 11.3. The summed E-state index contributed by atoms with van der Waals surface area (Å²) in [6, 6.07) is 4.27. The van der Waals surface area contributed by atoms with Gasteiger partial charge in [-0.1, -0.05) is 22.0 Å². The van der Waals surface area contributed by atoms with Crippen LogP contribution in [0, 0.1) is 0 Å². The molecule has 0 saturated carbocycles. The van der Waals surface area contributed by atoms with Gasteiger partial charge in [0, 0.05) is 4.47 Å². The highest BCUT2D eigenvalue weighted by Crippen LogP contribution is 2.28. The molecule has 1 aromatic rings. The zero-order valence-electron chi connectivity index (χ0n) is 10.0. The molecule has 0 bridgehead atoms. The average Bonchev–Trinajstić information content (AvgIpc) is 2.36. The van der Waals surface area contributed by atoms with Gasteiger partial charge in [-0.05, 0) is 17.7 Å². The normalized spacial score (nSPS) is 13.7. The lowest BCUT2D eigenvalue weighted by atomic mass is 10.0. The third-order valence-electron chi connectivity index (χ3n) is 2.49. The smallest absolute Gasteiger partial charge is 0.337 e. The van der Waals surface area contributed by atoms with Crippen LogP contribution in [-0.2, 0) is 9.53 Å². The Morgan fingerprint density at radius 1 is 1.37 bits per heavy atom. The number of carboxylic acids is 1. The van der Waals surface area contributed by atoms with Crippen molar-refractivity contribution in [1.82, 2.24) is 0 Å². The number of carboxylic acid groups (broad SMARTS) is 1. The fourth-order valence-electron chi connectivity index (χ4n) is 1.51. The Bertz CT molecular complexity index is 487. The second kappa shape index (κ2) is 6.65. The van der Waals surface area contributed by atoms with E-state index >= 15 is 0 Å². The number of aliphatic hydroxyl groups is 2. The summed E-state index contributed by atoms with van der Waals surface area (Å²) in [4.78, 5) is 21.8. The summed E-state index contributed by atoms with van der Waals surface area (Å²) in [5, 5.41) is 27.9.